The number of anilines is 3. The molecule has 1 N–H and O–H groups in total. The lowest BCUT2D eigenvalue weighted by Gasteiger charge is -2.17. The molecule has 126 valence electrons. The fourth-order valence-corrected chi connectivity index (χ4v) is 3.06. The van der Waals surface area contributed by atoms with Gasteiger partial charge < -0.3 is 15.0 Å². The van der Waals surface area contributed by atoms with Gasteiger partial charge >= 0.3 is 0 Å². The molecule has 1 aromatic heterocycles. The van der Waals surface area contributed by atoms with Crippen molar-refractivity contribution in [2.24, 2.45) is 0 Å². The van der Waals surface area contributed by atoms with E-state index in [0.717, 1.165) is 30.5 Å². The molecule has 25 heavy (non-hydrogen) atoms. The zero-order chi connectivity index (χ0) is 17.1. The molecule has 2 aromatic carbocycles. The van der Waals surface area contributed by atoms with Gasteiger partial charge in [-0.3, -0.25) is 0 Å². The molecule has 0 atom stereocenters. The van der Waals surface area contributed by atoms with Crippen LogP contribution in [0, 0.1) is 0 Å². The third kappa shape index (κ3) is 3.26. The third-order valence-electron chi connectivity index (χ3n) is 4.40. The van der Waals surface area contributed by atoms with Crippen LogP contribution in [-0.2, 0) is 13.0 Å². The number of benzene rings is 2. The molecular formula is C20H20N4O. The van der Waals surface area contributed by atoms with Gasteiger partial charge in [0.1, 0.15) is 11.6 Å². The molecule has 2 heterocycles. The number of nitrogens with one attached hydrogen (secondary N) is 1. The van der Waals surface area contributed by atoms with E-state index in [2.05, 4.69) is 44.5 Å². The monoisotopic (exact) mass is 332 g/mol. The van der Waals surface area contributed by atoms with Crippen LogP contribution in [0.2, 0.25) is 0 Å². The first-order valence-electron chi connectivity index (χ1n) is 8.39. The summed E-state index contributed by atoms with van der Waals surface area (Å²) in [6.07, 6.45) is 2.84. The first kappa shape index (κ1) is 15.4. The molecule has 1 aliphatic heterocycles. The summed E-state index contributed by atoms with van der Waals surface area (Å²) in [6, 6.07) is 18.3. The van der Waals surface area contributed by atoms with Crippen molar-refractivity contribution in [3.63, 3.8) is 0 Å². The second-order valence-electron chi connectivity index (χ2n) is 5.97. The zero-order valence-corrected chi connectivity index (χ0v) is 14.1. The minimum absolute atomic E-state index is 0.705. The Labute approximate surface area is 147 Å². The van der Waals surface area contributed by atoms with Crippen LogP contribution in [0.15, 0.2) is 60.8 Å². The molecule has 5 heteroatoms. The normalized spacial score (nSPS) is 12.8. The minimum Gasteiger partial charge on any atom is -0.497 e. The Morgan fingerprint density at radius 3 is 2.76 bits per heavy atom. The lowest BCUT2D eigenvalue weighted by Crippen LogP contribution is -2.17. The van der Waals surface area contributed by atoms with Gasteiger partial charge in [-0.2, -0.15) is 4.98 Å². The van der Waals surface area contributed by atoms with Gasteiger partial charge in [0, 0.05) is 25.0 Å². The third-order valence-corrected chi connectivity index (χ3v) is 4.40. The summed E-state index contributed by atoms with van der Waals surface area (Å²) in [6.45, 7) is 1.62. The van der Waals surface area contributed by atoms with E-state index >= 15 is 0 Å². The second kappa shape index (κ2) is 6.81. The van der Waals surface area contributed by atoms with Gasteiger partial charge in [0.15, 0.2) is 0 Å². The van der Waals surface area contributed by atoms with E-state index in [0.29, 0.717) is 6.54 Å². The lowest BCUT2D eigenvalue weighted by molar-refractivity contribution is 0.414. The van der Waals surface area contributed by atoms with Crippen molar-refractivity contribution in [2.45, 2.75) is 13.0 Å². The smallest absolute Gasteiger partial charge is 0.231 e. The van der Waals surface area contributed by atoms with E-state index < -0.39 is 0 Å². The average molecular weight is 332 g/mol. The Hall–Kier alpha value is -3.08. The Bertz CT molecular complexity index is 864. The summed E-state index contributed by atoms with van der Waals surface area (Å²) in [4.78, 5) is 11.3. The second-order valence-corrected chi connectivity index (χ2v) is 5.97. The van der Waals surface area contributed by atoms with Crippen LogP contribution in [0.25, 0.3) is 0 Å². The number of methoxy groups -OCH3 is 1. The van der Waals surface area contributed by atoms with Gasteiger partial charge in [-0.05, 0) is 41.8 Å². The average Bonchev–Trinajstić information content (AvgIpc) is 3.11. The van der Waals surface area contributed by atoms with E-state index in [4.69, 9.17) is 4.74 Å². The van der Waals surface area contributed by atoms with Crippen molar-refractivity contribution in [3.8, 4) is 5.75 Å². The molecule has 0 bridgehead atoms. The molecule has 0 spiro atoms. The maximum absolute atomic E-state index is 5.19. The SMILES string of the molecule is COc1ccc(CNc2ccnc(N3CCc4ccccc43)n2)cc1. The summed E-state index contributed by atoms with van der Waals surface area (Å²) in [7, 11) is 1.67. The quantitative estimate of drug-likeness (QED) is 0.770. The first-order chi connectivity index (χ1) is 12.3. The number of hydrogen-bond acceptors (Lipinski definition) is 5. The van der Waals surface area contributed by atoms with Gasteiger partial charge in [-0.25, -0.2) is 4.98 Å². The summed E-state index contributed by atoms with van der Waals surface area (Å²) in [5, 5.41) is 3.37. The molecule has 0 aliphatic carbocycles. The molecule has 0 saturated heterocycles. The largest absolute Gasteiger partial charge is 0.497 e. The minimum atomic E-state index is 0.705. The maximum atomic E-state index is 5.19. The van der Waals surface area contributed by atoms with Crippen LogP contribution in [0.3, 0.4) is 0 Å². The van der Waals surface area contributed by atoms with Gasteiger partial charge in [-0.1, -0.05) is 30.3 Å². The number of para-hydroxylation sites is 1. The van der Waals surface area contributed by atoms with Crippen LogP contribution < -0.4 is 15.0 Å². The molecule has 4 rings (SSSR count). The molecular weight excluding hydrogens is 312 g/mol. The fourth-order valence-electron chi connectivity index (χ4n) is 3.06. The molecule has 0 radical (unpaired) electrons. The number of hydrogen-bond donors (Lipinski definition) is 1. The van der Waals surface area contributed by atoms with Gasteiger partial charge in [0.2, 0.25) is 5.95 Å². The van der Waals surface area contributed by atoms with E-state index in [1.807, 2.05) is 30.3 Å². The van der Waals surface area contributed by atoms with Crippen molar-refractivity contribution in [1.29, 1.82) is 0 Å². The Morgan fingerprint density at radius 1 is 1.08 bits per heavy atom. The van der Waals surface area contributed by atoms with Crippen LogP contribution in [0.1, 0.15) is 11.1 Å². The molecule has 0 saturated carbocycles. The van der Waals surface area contributed by atoms with E-state index in [1.165, 1.54) is 16.8 Å². The topological polar surface area (TPSA) is 50.3 Å². The number of fused-ring (bicyclic) bond motifs is 1. The van der Waals surface area contributed by atoms with Gasteiger partial charge in [-0.15, -0.1) is 0 Å². The molecule has 5 nitrogen and oxygen atoms in total. The summed E-state index contributed by atoms with van der Waals surface area (Å²) in [5.41, 5.74) is 3.73. The molecule has 1 aliphatic rings. The number of rotatable bonds is 5. The molecule has 0 fully saturated rings. The van der Waals surface area contributed by atoms with Crippen LogP contribution in [0.4, 0.5) is 17.5 Å². The summed E-state index contributed by atoms with van der Waals surface area (Å²) >= 11 is 0. The predicted molar refractivity (Wildman–Crippen MR) is 99.5 cm³/mol. The van der Waals surface area contributed by atoms with Gasteiger partial charge in [0.05, 0.1) is 7.11 Å². The number of ether oxygens (including phenoxy) is 1. The van der Waals surface area contributed by atoms with Crippen molar-refractivity contribution >= 4 is 17.5 Å². The van der Waals surface area contributed by atoms with E-state index in [9.17, 15) is 0 Å². The van der Waals surface area contributed by atoms with Crippen molar-refractivity contribution in [2.75, 3.05) is 23.9 Å². The highest BCUT2D eigenvalue weighted by molar-refractivity contribution is 5.66. The highest BCUT2D eigenvalue weighted by atomic mass is 16.5. The molecule has 3 aromatic rings. The summed E-state index contributed by atoms with van der Waals surface area (Å²) in [5.74, 6) is 2.43. The zero-order valence-electron chi connectivity index (χ0n) is 14.1. The standard InChI is InChI=1S/C20H20N4O/c1-25-17-8-6-15(7-9-17)14-22-19-10-12-21-20(23-19)24-13-11-16-4-2-3-5-18(16)24/h2-10,12H,11,13-14H2,1H3,(H,21,22,23). The first-order valence-corrected chi connectivity index (χ1v) is 8.39. The fraction of sp³-hybridized carbons (Fsp3) is 0.200. The highest BCUT2D eigenvalue weighted by Crippen LogP contribution is 2.32. The highest BCUT2D eigenvalue weighted by Gasteiger charge is 2.21. The Kier molecular flexibility index (Phi) is 4.21. The number of aromatic nitrogens is 2. The lowest BCUT2D eigenvalue weighted by atomic mass is 10.2. The Morgan fingerprint density at radius 2 is 1.92 bits per heavy atom. The predicted octanol–water partition coefficient (Wildman–Crippen LogP) is 3.79. The van der Waals surface area contributed by atoms with Gasteiger partial charge in [0.25, 0.3) is 0 Å². The van der Waals surface area contributed by atoms with E-state index in [-0.39, 0.29) is 0 Å². The van der Waals surface area contributed by atoms with Crippen molar-refractivity contribution in [1.82, 2.24) is 9.97 Å². The van der Waals surface area contributed by atoms with Crippen molar-refractivity contribution < 1.29 is 4.74 Å². The van der Waals surface area contributed by atoms with Crippen LogP contribution in [-0.4, -0.2) is 23.6 Å². The van der Waals surface area contributed by atoms with E-state index in [1.54, 1.807) is 13.3 Å². The Balaban J connectivity index is 1.48. The van der Waals surface area contributed by atoms with Crippen LogP contribution >= 0.6 is 0 Å². The van der Waals surface area contributed by atoms with Crippen molar-refractivity contribution in [3.05, 3.63) is 71.9 Å². The molecule has 0 unspecified atom stereocenters. The number of nitrogens with zero attached hydrogens (tertiary/aromatic N) is 3. The van der Waals surface area contributed by atoms with Crippen LogP contribution in [0.5, 0.6) is 5.75 Å². The molecule has 0 amide bonds. The maximum Gasteiger partial charge on any atom is 0.231 e. The summed E-state index contributed by atoms with van der Waals surface area (Å²) < 4.78 is 5.19.